The van der Waals surface area contributed by atoms with Crippen molar-refractivity contribution in [2.45, 2.75) is 58.1 Å². The van der Waals surface area contributed by atoms with Crippen LogP contribution in [0.3, 0.4) is 0 Å². The number of rotatable bonds is 12. The van der Waals surface area contributed by atoms with Crippen molar-refractivity contribution in [1.29, 1.82) is 0 Å². The van der Waals surface area contributed by atoms with Gasteiger partial charge in [0.05, 0.1) is 17.2 Å². The van der Waals surface area contributed by atoms with Gasteiger partial charge < -0.3 is 15.0 Å². The number of carbonyl (C=O) groups excluding carboxylic acids is 2. The molecule has 0 heterocycles. The molecule has 0 radical (unpaired) electrons. The largest absolute Gasteiger partial charge is 0.492 e. The third kappa shape index (κ3) is 7.38. The monoisotopic (exact) mass is 551 g/mol. The number of para-hydroxylation sites is 2. The third-order valence-corrected chi connectivity index (χ3v) is 8.02. The van der Waals surface area contributed by atoms with Gasteiger partial charge in [-0.15, -0.1) is 0 Å². The van der Waals surface area contributed by atoms with E-state index in [0.29, 0.717) is 12.4 Å². The van der Waals surface area contributed by atoms with Crippen LogP contribution in [0, 0.1) is 6.92 Å². The van der Waals surface area contributed by atoms with Gasteiger partial charge in [0, 0.05) is 12.6 Å². The van der Waals surface area contributed by atoms with Crippen LogP contribution in [-0.2, 0) is 26.2 Å². The molecular weight excluding hydrogens is 514 g/mol. The Labute approximate surface area is 231 Å². The number of hydrogen-bond acceptors (Lipinski definition) is 5. The molecule has 0 saturated carbocycles. The summed E-state index contributed by atoms with van der Waals surface area (Å²) < 4.78 is 34.7. The fourth-order valence-electron chi connectivity index (χ4n) is 4.13. The van der Waals surface area contributed by atoms with Gasteiger partial charge >= 0.3 is 0 Å². The molecule has 1 N–H and O–H groups in total. The Morgan fingerprint density at radius 1 is 0.897 bits per heavy atom. The molecule has 0 unspecified atom stereocenters. The van der Waals surface area contributed by atoms with E-state index in [9.17, 15) is 18.0 Å². The Balaban J connectivity index is 2.08. The van der Waals surface area contributed by atoms with Crippen molar-refractivity contribution in [3.8, 4) is 5.75 Å². The number of amides is 2. The summed E-state index contributed by atoms with van der Waals surface area (Å²) in [6.45, 7) is 9.01. The lowest BCUT2D eigenvalue weighted by Crippen LogP contribution is -2.52. The van der Waals surface area contributed by atoms with Crippen molar-refractivity contribution in [3.63, 3.8) is 0 Å². The van der Waals surface area contributed by atoms with Gasteiger partial charge in [-0.2, -0.15) is 0 Å². The number of carbonyl (C=O) groups is 2. The van der Waals surface area contributed by atoms with Crippen molar-refractivity contribution < 1.29 is 22.7 Å². The summed E-state index contributed by atoms with van der Waals surface area (Å²) in [6, 6.07) is 21.3. The van der Waals surface area contributed by atoms with Crippen LogP contribution in [0.4, 0.5) is 5.69 Å². The molecule has 3 rings (SSSR count). The molecule has 0 aliphatic heterocycles. The second kappa shape index (κ2) is 13.3. The first-order valence-electron chi connectivity index (χ1n) is 13.0. The van der Waals surface area contributed by atoms with Gasteiger partial charge in [0.15, 0.2) is 0 Å². The highest BCUT2D eigenvalue weighted by atomic mass is 32.2. The van der Waals surface area contributed by atoms with Crippen LogP contribution in [0.25, 0.3) is 0 Å². The molecule has 39 heavy (non-hydrogen) atoms. The van der Waals surface area contributed by atoms with Gasteiger partial charge in [-0.1, -0.05) is 54.6 Å². The number of benzene rings is 3. The summed E-state index contributed by atoms with van der Waals surface area (Å²) in [5.74, 6) is -0.502. The predicted octanol–water partition coefficient (Wildman–Crippen LogP) is 4.53. The number of nitrogens with zero attached hydrogens (tertiary/aromatic N) is 2. The van der Waals surface area contributed by atoms with Crippen LogP contribution < -0.4 is 14.4 Å². The molecule has 9 heteroatoms. The highest BCUT2D eigenvalue weighted by Crippen LogP contribution is 2.33. The lowest BCUT2D eigenvalue weighted by Gasteiger charge is -2.33. The van der Waals surface area contributed by atoms with E-state index >= 15 is 0 Å². The summed E-state index contributed by atoms with van der Waals surface area (Å²) in [6.07, 6.45) is 0. The van der Waals surface area contributed by atoms with Gasteiger partial charge in [-0.05, 0) is 70.0 Å². The van der Waals surface area contributed by atoms with Gasteiger partial charge in [0.25, 0.3) is 10.0 Å². The maximum atomic E-state index is 14.0. The molecule has 0 spiro atoms. The Hall–Kier alpha value is -3.85. The molecular formula is C30H37N3O5S. The van der Waals surface area contributed by atoms with E-state index in [1.54, 1.807) is 56.3 Å². The van der Waals surface area contributed by atoms with Crippen molar-refractivity contribution in [2.75, 3.05) is 17.5 Å². The molecule has 0 aromatic heterocycles. The van der Waals surface area contributed by atoms with E-state index in [-0.39, 0.29) is 29.1 Å². The first kappa shape index (κ1) is 29.7. The summed E-state index contributed by atoms with van der Waals surface area (Å²) in [5, 5.41) is 2.86. The van der Waals surface area contributed by atoms with Gasteiger partial charge in [-0.25, -0.2) is 8.42 Å². The standard InChI is InChI=1S/C30H37N3O5S/c1-6-38-28-19-13-12-18-27(28)33(39(36,37)26-16-8-7-9-17-26)21-29(34)32(24(5)30(35)31-22(2)3)20-25-15-11-10-14-23(25)4/h7-19,22,24H,6,20-21H2,1-5H3,(H,31,35)/t24-/m1/s1. The van der Waals surface area contributed by atoms with E-state index in [1.165, 1.54) is 17.0 Å². The number of anilines is 1. The lowest BCUT2D eigenvalue weighted by atomic mass is 10.1. The number of sulfonamides is 1. The zero-order valence-corrected chi connectivity index (χ0v) is 23.9. The minimum absolute atomic E-state index is 0.0418. The minimum atomic E-state index is -4.16. The highest BCUT2D eigenvalue weighted by Gasteiger charge is 2.34. The Kier molecular flexibility index (Phi) is 10.1. The third-order valence-electron chi connectivity index (χ3n) is 6.24. The molecule has 8 nitrogen and oxygen atoms in total. The van der Waals surface area contributed by atoms with E-state index < -0.39 is 28.5 Å². The maximum absolute atomic E-state index is 14.0. The van der Waals surface area contributed by atoms with Crippen LogP contribution in [0.5, 0.6) is 5.75 Å². The predicted molar refractivity (Wildman–Crippen MR) is 153 cm³/mol. The topological polar surface area (TPSA) is 96.0 Å². The second-order valence-corrected chi connectivity index (χ2v) is 11.4. The van der Waals surface area contributed by atoms with E-state index in [2.05, 4.69) is 5.32 Å². The summed E-state index contributed by atoms with van der Waals surface area (Å²) in [7, 11) is -4.16. The van der Waals surface area contributed by atoms with E-state index in [0.717, 1.165) is 15.4 Å². The van der Waals surface area contributed by atoms with Gasteiger partial charge in [-0.3, -0.25) is 13.9 Å². The first-order valence-corrected chi connectivity index (χ1v) is 14.4. The molecule has 2 amide bonds. The normalized spacial score (nSPS) is 12.1. The maximum Gasteiger partial charge on any atom is 0.264 e. The first-order chi connectivity index (χ1) is 18.6. The lowest BCUT2D eigenvalue weighted by molar-refractivity contribution is -0.139. The summed E-state index contributed by atoms with van der Waals surface area (Å²) in [4.78, 5) is 28.5. The van der Waals surface area contributed by atoms with Crippen molar-refractivity contribution in [1.82, 2.24) is 10.2 Å². The van der Waals surface area contributed by atoms with Crippen molar-refractivity contribution in [2.24, 2.45) is 0 Å². The minimum Gasteiger partial charge on any atom is -0.492 e. The molecule has 208 valence electrons. The highest BCUT2D eigenvalue weighted by molar-refractivity contribution is 7.92. The average molecular weight is 552 g/mol. The number of nitrogens with one attached hydrogen (secondary N) is 1. The Morgan fingerprint density at radius 2 is 1.51 bits per heavy atom. The van der Waals surface area contributed by atoms with Gasteiger partial charge in [0.1, 0.15) is 18.3 Å². The van der Waals surface area contributed by atoms with E-state index in [4.69, 9.17) is 4.74 Å². The molecule has 3 aromatic rings. The smallest absolute Gasteiger partial charge is 0.264 e. The van der Waals surface area contributed by atoms with Crippen molar-refractivity contribution in [3.05, 3.63) is 90.0 Å². The molecule has 0 aliphatic rings. The number of ether oxygens (including phenoxy) is 1. The summed E-state index contributed by atoms with van der Waals surface area (Å²) >= 11 is 0. The van der Waals surface area contributed by atoms with E-state index in [1.807, 2.05) is 45.0 Å². The molecule has 0 saturated heterocycles. The molecule has 3 aromatic carbocycles. The quantitative estimate of drug-likeness (QED) is 0.357. The second-order valence-electron chi connectivity index (χ2n) is 9.51. The van der Waals surface area contributed by atoms with Crippen molar-refractivity contribution >= 4 is 27.5 Å². The molecule has 0 bridgehead atoms. The summed E-state index contributed by atoms with van der Waals surface area (Å²) in [5.41, 5.74) is 2.07. The van der Waals surface area contributed by atoms with Crippen LogP contribution >= 0.6 is 0 Å². The number of aryl methyl sites for hydroxylation is 1. The van der Waals surface area contributed by atoms with Crippen LogP contribution in [0.2, 0.25) is 0 Å². The fourth-order valence-corrected chi connectivity index (χ4v) is 5.58. The zero-order valence-electron chi connectivity index (χ0n) is 23.1. The molecule has 0 aliphatic carbocycles. The van der Waals surface area contributed by atoms with Crippen LogP contribution in [-0.4, -0.2) is 50.4 Å². The Bertz CT molecular complexity index is 1380. The average Bonchev–Trinajstić information content (AvgIpc) is 2.91. The van der Waals surface area contributed by atoms with Gasteiger partial charge in [0.2, 0.25) is 11.8 Å². The Morgan fingerprint density at radius 3 is 2.15 bits per heavy atom. The molecule has 1 atom stereocenters. The van der Waals surface area contributed by atoms with Crippen LogP contribution in [0.15, 0.2) is 83.8 Å². The zero-order chi connectivity index (χ0) is 28.6. The molecule has 0 fully saturated rings. The van der Waals surface area contributed by atoms with Crippen LogP contribution in [0.1, 0.15) is 38.8 Å². The SMILES string of the molecule is CCOc1ccccc1N(CC(=O)N(Cc1ccccc1C)[C@H](C)C(=O)NC(C)C)S(=O)(=O)c1ccccc1. The number of hydrogen-bond donors (Lipinski definition) is 1. The fraction of sp³-hybridized carbons (Fsp3) is 0.333.